The smallest absolute Gasteiger partial charge is 0.329 e. The van der Waals surface area contributed by atoms with E-state index in [4.69, 9.17) is 0 Å². The molecule has 0 heterocycles. The number of carbonyl (C=O) groups excluding carboxylic acids is 2. The molecule has 0 aromatic carbocycles. The molecule has 0 rings (SSSR count). The molecule has 2 N–H and O–H groups in total. The van der Waals surface area contributed by atoms with E-state index in [0.29, 0.717) is 13.0 Å². The van der Waals surface area contributed by atoms with E-state index in [1.807, 2.05) is 6.92 Å². The van der Waals surface area contributed by atoms with Crippen molar-refractivity contribution in [1.82, 2.24) is 15.1 Å². The largest absolute Gasteiger partial charge is 0.480 e. The number of urea groups is 1. The van der Waals surface area contributed by atoms with Gasteiger partial charge in [-0.15, -0.1) is 0 Å². The summed E-state index contributed by atoms with van der Waals surface area (Å²) >= 11 is 0. The number of carbonyl (C=O) groups is 3. The summed E-state index contributed by atoms with van der Waals surface area (Å²) in [5.41, 5.74) is -1.29. The first kappa shape index (κ1) is 19.2. The molecule has 0 atom stereocenters. The fourth-order valence-corrected chi connectivity index (χ4v) is 1.89. The lowest BCUT2D eigenvalue weighted by Gasteiger charge is -2.32. The Morgan fingerprint density at radius 3 is 1.95 bits per heavy atom. The lowest BCUT2D eigenvalue weighted by Crippen LogP contribution is -2.58. The van der Waals surface area contributed by atoms with E-state index in [9.17, 15) is 19.5 Å². The second kappa shape index (κ2) is 8.49. The lowest BCUT2D eigenvalue weighted by atomic mass is 9.93. The topological polar surface area (TPSA) is 90.0 Å². The molecule has 7 nitrogen and oxygen atoms in total. The predicted molar refractivity (Wildman–Crippen MR) is 80.0 cm³/mol. The van der Waals surface area contributed by atoms with Crippen LogP contribution >= 0.6 is 0 Å². The van der Waals surface area contributed by atoms with Gasteiger partial charge in [-0.2, -0.15) is 0 Å². The van der Waals surface area contributed by atoms with Crippen LogP contribution in [0.5, 0.6) is 0 Å². The SMILES string of the molecule is CCCN(CC(=O)N(C)C)C(=O)NC(CC)(CC)C(=O)O. The summed E-state index contributed by atoms with van der Waals surface area (Å²) in [5, 5.41) is 11.9. The van der Waals surface area contributed by atoms with Gasteiger partial charge in [0.2, 0.25) is 5.91 Å². The molecule has 0 fully saturated rings. The van der Waals surface area contributed by atoms with E-state index in [1.165, 1.54) is 9.80 Å². The van der Waals surface area contributed by atoms with Gasteiger partial charge in [-0.3, -0.25) is 4.79 Å². The molecular formula is C14H27N3O4. The molecule has 0 aromatic rings. The monoisotopic (exact) mass is 301 g/mol. The van der Waals surface area contributed by atoms with Gasteiger partial charge in [0.1, 0.15) is 12.1 Å². The zero-order chi connectivity index (χ0) is 16.6. The average Bonchev–Trinajstić information content (AvgIpc) is 2.43. The molecule has 0 unspecified atom stereocenters. The molecule has 0 aliphatic carbocycles. The number of hydrogen-bond donors (Lipinski definition) is 2. The third kappa shape index (κ3) is 5.24. The van der Waals surface area contributed by atoms with Crippen LogP contribution in [-0.2, 0) is 9.59 Å². The van der Waals surface area contributed by atoms with Gasteiger partial charge < -0.3 is 20.2 Å². The summed E-state index contributed by atoms with van der Waals surface area (Å²) in [6, 6.07) is -0.516. The number of carboxylic acid groups (broad SMARTS) is 1. The van der Waals surface area contributed by atoms with E-state index >= 15 is 0 Å². The number of aliphatic carboxylic acids is 1. The Morgan fingerprint density at radius 1 is 1.10 bits per heavy atom. The van der Waals surface area contributed by atoms with Gasteiger partial charge in [-0.05, 0) is 19.3 Å². The highest BCUT2D eigenvalue weighted by atomic mass is 16.4. The lowest BCUT2D eigenvalue weighted by molar-refractivity contribution is -0.144. The van der Waals surface area contributed by atoms with Gasteiger partial charge in [0.05, 0.1) is 0 Å². The molecule has 122 valence electrons. The molecule has 0 bridgehead atoms. The summed E-state index contributed by atoms with van der Waals surface area (Å²) in [5.74, 6) is -1.26. The molecule has 0 radical (unpaired) electrons. The van der Waals surface area contributed by atoms with Crippen LogP contribution in [0.25, 0.3) is 0 Å². The first-order chi connectivity index (χ1) is 9.73. The molecule has 0 aromatic heterocycles. The summed E-state index contributed by atoms with van der Waals surface area (Å²) in [4.78, 5) is 38.2. The van der Waals surface area contributed by atoms with Gasteiger partial charge in [-0.1, -0.05) is 20.8 Å². The number of nitrogens with one attached hydrogen (secondary N) is 1. The summed E-state index contributed by atoms with van der Waals surface area (Å²) < 4.78 is 0. The third-order valence-corrected chi connectivity index (χ3v) is 3.57. The molecule has 0 aliphatic rings. The van der Waals surface area contributed by atoms with Crippen LogP contribution in [-0.4, -0.2) is 65.5 Å². The maximum absolute atomic E-state index is 12.3. The van der Waals surface area contributed by atoms with Gasteiger partial charge in [0.25, 0.3) is 0 Å². The summed E-state index contributed by atoms with van der Waals surface area (Å²) in [7, 11) is 3.23. The van der Waals surface area contributed by atoms with Crippen LogP contribution in [0.1, 0.15) is 40.0 Å². The number of nitrogens with zero attached hydrogens (tertiary/aromatic N) is 2. The first-order valence-corrected chi connectivity index (χ1v) is 7.24. The van der Waals surface area contributed by atoms with Crippen molar-refractivity contribution >= 4 is 17.9 Å². The Kier molecular flexibility index (Phi) is 7.76. The molecule has 0 aliphatic heterocycles. The van der Waals surface area contributed by atoms with E-state index in [2.05, 4.69) is 5.32 Å². The molecular weight excluding hydrogens is 274 g/mol. The molecule has 7 heteroatoms. The van der Waals surface area contributed by atoms with Crippen LogP contribution in [0.3, 0.4) is 0 Å². The normalized spacial score (nSPS) is 10.9. The van der Waals surface area contributed by atoms with Crippen molar-refractivity contribution in [1.29, 1.82) is 0 Å². The number of hydrogen-bond acceptors (Lipinski definition) is 3. The second-order valence-corrected chi connectivity index (χ2v) is 5.23. The summed E-state index contributed by atoms with van der Waals surface area (Å²) in [6.07, 6.45) is 1.25. The Balaban J connectivity index is 5.04. The molecule has 0 saturated carbocycles. The highest BCUT2D eigenvalue weighted by Gasteiger charge is 2.37. The van der Waals surface area contributed by atoms with Crippen molar-refractivity contribution in [2.45, 2.75) is 45.6 Å². The highest BCUT2D eigenvalue weighted by molar-refractivity contribution is 5.88. The standard InChI is InChI=1S/C14H27N3O4/c1-6-9-17(10-11(18)16(4)5)13(21)15-14(7-2,8-3)12(19)20/h6-10H2,1-5H3,(H,15,21)(H,19,20). The van der Waals surface area contributed by atoms with Crippen molar-refractivity contribution in [3.63, 3.8) is 0 Å². The second-order valence-electron chi connectivity index (χ2n) is 5.23. The van der Waals surface area contributed by atoms with Gasteiger partial charge in [-0.25, -0.2) is 9.59 Å². The summed E-state index contributed by atoms with van der Waals surface area (Å²) in [6.45, 7) is 5.66. The minimum atomic E-state index is -1.29. The van der Waals surface area contributed by atoms with Crippen molar-refractivity contribution in [3.8, 4) is 0 Å². The maximum atomic E-state index is 12.3. The van der Waals surface area contributed by atoms with E-state index in [1.54, 1.807) is 27.9 Å². The Hall–Kier alpha value is -1.79. The predicted octanol–water partition coefficient (Wildman–Crippen LogP) is 1.14. The van der Waals surface area contributed by atoms with E-state index in [0.717, 1.165) is 0 Å². The van der Waals surface area contributed by atoms with Crippen molar-refractivity contribution in [3.05, 3.63) is 0 Å². The molecule has 0 saturated heterocycles. The van der Waals surface area contributed by atoms with Crippen LogP contribution in [0.4, 0.5) is 4.79 Å². The van der Waals surface area contributed by atoms with E-state index in [-0.39, 0.29) is 25.3 Å². The molecule has 21 heavy (non-hydrogen) atoms. The first-order valence-electron chi connectivity index (χ1n) is 7.24. The fourth-order valence-electron chi connectivity index (χ4n) is 1.89. The quantitative estimate of drug-likeness (QED) is 0.703. The molecule has 3 amide bonds. The highest BCUT2D eigenvalue weighted by Crippen LogP contribution is 2.16. The Morgan fingerprint density at radius 2 is 1.62 bits per heavy atom. The van der Waals surface area contributed by atoms with E-state index < -0.39 is 17.5 Å². The van der Waals surface area contributed by atoms with Crippen LogP contribution in [0.15, 0.2) is 0 Å². The third-order valence-electron chi connectivity index (χ3n) is 3.57. The fraction of sp³-hybridized carbons (Fsp3) is 0.786. The number of likely N-dealkylation sites (N-methyl/N-ethyl adjacent to an activating group) is 1. The van der Waals surface area contributed by atoms with Gasteiger partial charge >= 0.3 is 12.0 Å². The number of carboxylic acids is 1. The zero-order valence-electron chi connectivity index (χ0n) is 13.6. The Labute approximate surface area is 126 Å². The minimum absolute atomic E-state index is 0.0597. The van der Waals surface area contributed by atoms with Crippen LogP contribution < -0.4 is 5.32 Å². The molecule has 0 spiro atoms. The number of amides is 3. The maximum Gasteiger partial charge on any atom is 0.329 e. The number of rotatable bonds is 8. The zero-order valence-corrected chi connectivity index (χ0v) is 13.6. The van der Waals surface area contributed by atoms with Crippen molar-refractivity contribution < 1.29 is 19.5 Å². The van der Waals surface area contributed by atoms with Crippen LogP contribution in [0.2, 0.25) is 0 Å². The average molecular weight is 301 g/mol. The van der Waals surface area contributed by atoms with Crippen molar-refractivity contribution in [2.24, 2.45) is 0 Å². The van der Waals surface area contributed by atoms with Crippen LogP contribution in [0, 0.1) is 0 Å². The Bertz CT molecular complexity index is 378. The van der Waals surface area contributed by atoms with Gasteiger partial charge in [0, 0.05) is 20.6 Å². The van der Waals surface area contributed by atoms with Gasteiger partial charge in [0.15, 0.2) is 0 Å². The minimum Gasteiger partial charge on any atom is -0.480 e. The van der Waals surface area contributed by atoms with Crippen molar-refractivity contribution in [2.75, 3.05) is 27.2 Å².